The molecule has 0 radical (unpaired) electrons. The van der Waals surface area contributed by atoms with Crippen LogP contribution >= 0.6 is 0 Å². The van der Waals surface area contributed by atoms with Crippen LogP contribution in [-0.4, -0.2) is 48.6 Å². The number of ether oxygens (including phenoxy) is 3. The van der Waals surface area contributed by atoms with Gasteiger partial charge >= 0.3 is 11.9 Å². The van der Waals surface area contributed by atoms with E-state index in [2.05, 4.69) is 0 Å². The Balaban J connectivity index is 1.55. The van der Waals surface area contributed by atoms with Crippen molar-refractivity contribution in [3.63, 3.8) is 0 Å². The Morgan fingerprint density at radius 2 is 1.54 bits per heavy atom. The summed E-state index contributed by atoms with van der Waals surface area (Å²) in [5.74, 6) is -0.999. The predicted octanol–water partition coefficient (Wildman–Crippen LogP) is 2.22. The zero-order valence-electron chi connectivity index (χ0n) is 14.1. The molecular formula is C20H20O6. The Kier molecular flexibility index (Phi) is 5.99. The lowest BCUT2D eigenvalue weighted by atomic mass is 10.0. The fraction of sp³-hybridized carbons (Fsp3) is 0.300. The number of rotatable bonds is 5. The van der Waals surface area contributed by atoms with Crippen molar-refractivity contribution in [1.29, 1.82) is 0 Å². The number of esters is 2. The van der Waals surface area contributed by atoms with Gasteiger partial charge in [-0.15, -0.1) is 0 Å². The second-order valence-electron chi connectivity index (χ2n) is 5.96. The van der Waals surface area contributed by atoms with E-state index in [0.29, 0.717) is 24.2 Å². The lowest BCUT2D eigenvalue weighted by Crippen LogP contribution is -2.48. The van der Waals surface area contributed by atoms with Crippen LogP contribution in [0.5, 0.6) is 0 Å². The summed E-state index contributed by atoms with van der Waals surface area (Å²) in [6, 6.07) is 17.1. The standard InChI is InChI=1S/C20H20O6/c21-18-16(26-20(23)15-9-5-2-6-10-15)11-12-24-17(18)13-25-19(22)14-7-3-1-4-8-14/h1-10,16-18,21H,11-13H2/t16-,17-,18-/m1/s1. The van der Waals surface area contributed by atoms with Gasteiger partial charge in [0.1, 0.15) is 24.9 Å². The maximum Gasteiger partial charge on any atom is 0.338 e. The molecule has 1 N–H and O–H groups in total. The number of carbonyl (C=O) groups excluding carboxylic acids is 2. The van der Waals surface area contributed by atoms with Gasteiger partial charge in [0.15, 0.2) is 0 Å². The minimum absolute atomic E-state index is 0.117. The molecule has 0 unspecified atom stereocenters. The van der Waals surface area contributed by atoms with Crippen LogP contribution in [0.15, 0.2) is 60.7 Å². The van der Waals surface area contributed by atoms with Crippen LogP contribution in [0.1, 0.15) is 27.1 Å². The molecule has 0 aromatic heterocycles. The fourth-order valence-corrected chi connectivity index (χ4v) is 2.71. The van der Waals surface area contributed by atoms with Crippen LogP contribution in [0.25, 0.3) is 0 Å². The Bertz CT molecular complexity index is 730. The summed E-state index contributed by atoms with van der Waals surface area (Å²) in [5, 5.41) is 10.4. The maximum atomic E-state index is 12.2. The van der Waals surface area contributed by atoms with E-state index in [1.165, 1.54) is 0 Å². The second-order valence-corrected chi connectivity index (χ2v) is 5.96. The smallest absolute Gasteiger partial charge is 0.338 e. The first-order chi connectivity index (χ1) is 12.6. The normalized spacial score (nSPS) is 22.4. The van der Waals surface area contributed by atoms with Crippen molar-refractivity contribution in [3.8, 4) is 0 Å². The van der Waals surface area contributed by atoms with Gasteiger partial charge in [0.2, 0.25) is 0 Å². The van der Waals surface area contributed by atoms with E-state index in [1.54, 1.807) is 60.7 Å². The van der Waals surface area contributed by atoms with Crippen molar-refractivity contribution in [2.45, 2.75) is 24.7 Å². The predicted molar refractivity (Wildman–Crippen MR) is 92.7 cm³/mol. The van der Waals surface area contributed by atoms with Crippen LogP contribution in [0, 0.1) is 0 Å². The molecule has 2 aromatic rings. The monoisotopic (exact) mass is 356 g/mol. The van der Waals surface area contributed by atoms with Crippen molar-refractivity contribution in [3.05, 3.63) is 71.8 Å². The molecule has 6 heteroatoms. The number of hydrogen-bond acceptors (Lipinski definition) is 6. The molecule has 3 rings (SSSR count). The first kappa shape index (κ1) is 18.1. The molecule has 1 aliphatic heterocycles. The highest BCUT2D eigenvalue weighted by Gasteiger charge is 2.36. The summed E-state index contributed by atoms with van der Waals surface area (Å²) >= 11 is 0. The molecule has 26 heavy (non-hydrogen) atoms. The Hall–Kier alpha value is -2.70. The van der Waals surface area contributed by atoms with Crippen molar-refractivity contribution in [1.82, 2.24) is 0 Å². The van der Waals surface area contributed by atoms with Crippen LogP contribution < -0.4 is 0 Å². The molecule has 136 valence electrons. The molecule has 1 aliphatic rings. The third kappa shape index (κ3) is 4.47. The highest BCUT2D eigenvalue weighted by Crippen LogP contribution is 2.20. The molecule has 6 nitrogen and oxygen atoms in total. The van der Waals surface area contributed by atoms with Crippen LogP contribution in [0.3, 0.4) is 0 Å². The molecule has 2 aromatic carbocycles. The van der Waals surface area contributed by atoms with E-state index in [0.717, 1.165) is 0 Å². The van der Waals surface area contributed by atoms with Crippen LogP contribution in [0.4, 0.5) is 0 Å². The summed E-state index contributed by atoms with van der Waals surface area (Å²) in [7, 11) is 0. The van der Waals surface area contributed by atoms with Gasteiger partial charge in [-0.25, -0.2) is 9.59 Å². The van der Waals surface area contributed by atoms with Gasteiger partial charge < -0.3 is 19.3 Å². The zero-order chi connectivity index (χ0) is 18.4. The van der Waals surface area contributed by atoms with E-state index < -0.39 is 30.3 Å². The van der Waals surface area contributed by atoms with Gasteiger partial charge in [-0.2, -0.15) is 0 Å². The molecular weight excluding hydrogens is 336 g/mol. The van der Waals surface area contributed by atoms with Crippen LogP contribution in [-0.2, 0) is 14.2 Å². The summed E-state index contributed by atoms with van der Waals surface area (Å²) in [6.07, 6.45) is -2.15. The molecule has 1 saturated heterocycles. The average Bonchev–Trinajstić information content (AvgIpc) is 2.69. The second kappa shape index (κ2) is 8.60. The molecule has 0 aliphatic carbocycles. The fourth-order valence-electron chi connectivity index (χ4n) is 2.71. The SMILES string of the molecule is O=C(OC[C@H]1OCC[C@@H](OC(=O)c2ccccc2)[C@H]1O)c1ccccc1. The quantitative estimate of drug-likeness (QED) is 0.828. The van der Waals surface area contributed by atoms with E-state index in [-0.39, 0.29) is 6.61 Å². The van der Waals surface area contributed by atoms with Crippen molar-refractivity contribution >= 4 is 11.9 Å². The number of carbonyl (C=O) groups is 2. The molecule has 3 atom stereocenters. The summed E-state index contributed by atoms with van der Waals surface area (Å²) in [6.45, 7) is 0.186. The minimum atomic E-state index is -1.07. The summed E-state index contributed by atoms with van der Waals surface area (Å²) in [5.41, 5.74) is 0.836. The zero-order valence-corrected chi connectivity index (χ0v) is 14.1. The molecule has 0 saturated carbocycles. The Morgan fingerprint density at radius 1 is 0.962 bits per heavy atom. The van der Waals surface area contributed by atoms with Gasteiger partial charge in [-0.3, -0.25) is 0 Å². The van der Waals surface area contributed by atoms with E-state index in [9.17, 15) is 14.7 Å². The van der Waals surface area contributed by atoms with E-state index in [1.807, 2.05) is 0 Å². The van der Waals surface area contributed by atoms with Crippen molar-refractivity contribution < 1.29 is 28.9 Å². The van der Waals surface area contributed by atoms with Crippen LogP contribution in [0.2, 0.25) is 0 Å². The third-order valence-electron chi connectivity index (χ3n) is 4.15. The molecule has 0 amide bonds. The number of benzene rings is 2. The highest BCUT2D eigenvalue weighted by atomic mass is 16.6. The lowest BCUT2D eigenvalue weighted by molar-refractivity contribution is -0.150. The number of hydrogen-bond donors (Lipinski definition) is 1. The topological polar surface area (TPSA) is 82.1 Å². The van der Waals surface area contributed by atoms with E-state index >= 15 is 0 Å². The highest BCUT2D eigenvalue weighted by molar-refractivity contribution is 5.89. The molecule has 1 heterocycles. The Labute approximate surface area is 151 Å². The van der Waals surface area contributed by atoms with Gasteiger partial charge in [-0.1, -0.05) is 36.4 Å². The maximum absolute atomic E-state index is 12.2. The first-order valence-electron chi connectivity index (χ1n) is 8.43. The number of aliphatic hydroxyl groups is 1. The first-order valence-corrected chi connectivity index (χ1v) is 8.43. The molecule has 0 spiro atoms. The van der Waals surface area contributed by atoms with Crippen molar-refractivity contribution in [2.75, 3.05) is 13.2 Å². The summed E-state index contributed by atoms with van der Waals surface area (Å²) in [4.78, 5) is 24.2. The lowest BCUT2D eigenvalue weighted by Gasteiger charge is -2.34. The van der Waals surface area contributed by atoms with Gasteiger partial charge in [0.25, 0.3) is 0 Å². The molecule has 1 fully saturated rings. The molecule has 0 bridgehead atoms. The Morgan fingerprint density at radius 3 is 2.15 bits per heavy atom. The van der Waals surface area contributed by atoms with Gasteiger partial charge in [0.05, 0.1) is 17.7 Å². The van der Waals surface area contributed by atoms with E-state index in [4.69, 9.17) is 14.2 Å². The number of aliphatic hydroxyl groups excluding tert-OH is 1. The third-order valence-corrected chi connectivity index (χ3v) is 4.15. The van der Waals surface area contributed by atoms with Gasteiger partial charge in [0, 0.05) is 6.42 Å². The van der Waals surface area contributed by atoms with Crippen molar-refractivity contribution in [2.24, 2.45) is 0 Å². The average molecular weight is 356 g/mol. The minimum Gasteiger partial charge on any atom is -0.459 e. The van der Waals surface area contributed by atoms with Gasteiger partial charge in [-0.05, 0) is 24.3 Å². The summed E-state index contributed by atoms with van der Waals surface area (Å²) < 4.78 is 16.1. The largest absolute Gasteiger partial charge is 0.459 e.